The highest BCUT2D eigenvalue weighted by molar-refractivity contribution is 7.15. The van der Waals surface area contributed by atoms with Gasteiger partial charge in [0.05, 0.1) is 12.7 Å². The number of nitrogens with one attached hydrogen (secondary N) is 1. The first-order valence-electron chi connectivity index (χ1n) is 7.08. The molecule has 22 heavy (non-hydrogen) atoms. The summed E-state index contributed by atoms with van der Waals surface area (Å²) in [6.45, 7) is 4.17. The maximum absolute atomic E-state index is 12.3. The average Bonchev–Trinajstić information content (AvgIpc) is 2.89. The lowest BCUT2D eigenvalue weighted by Gasteiger charge is -2.09. The van der Waals surface area contributed by atoms with Crippen molar-refractivity contribution >= 4 is 28.2 Å². The van der Waals surface area contributed by atoms with Crippen molar-refractivity contribution in [2.75, 3.05) is 12.4 Å². The van der Waals surface area contributed by atoms with E-state index in [0.29, 0.717) is 22.0 Å². The number of carbonyl (C=O) groups is 2. The predicted octanol–water partition coefficient (Wildman–Crippen LogP) is 3.99. The third kappa shape index (κ3) is 3.74. The molecule has 1 aromatic heterocycles. The Hall–Kier alpha value is -2.14. The molecule has 0 unspecified atom stereocenters. The molecule has 2 aromatic rings. The number of carbonyl (C=O) groups excluding carboxylic acids is 2. The fourth-order valence-corrected chi connectivity index (χ4v) is 3.12. The van der Waals surface area contributed by atoms with Crippen molar-refractivity contribution in [3.05, 3.63) is 52.4 Å². The van der Waals surface area contributed by atoms with Crippen LogP contribution in [0.5, 0.6) is 0 Å². The van der Waals surface area contributed by atoms with Crippen LogP contribution in [0, 0.1) is 5.92 Å². The van der Waals surface area contributed by atoms with Gasteiger partial charge in [0, 0.05) is 5.56 Å². The van der Waals surface area contributed by atoms with Crippen LogP contribution >= 0.6 is 11.3 Å². The van der Waals surface area contributed by atoms with Crippen molar-refractivity contribution in [3.8, 4) is 0 Å². The van der Waals surface area contributed by atoms with Gasteiger partial charge in [0.25, 0.3) is 5.91 Å². The summed E-state index contributed by atoms with van der Waals surface area (Å²) >= 11 is 1.35. The SMILES string of the molecule is COC(=O)c1c(CC(C)C)csc1NC(=O)c1ccccc1. The molecule has 0 saturated carbocycles. The van der Waals surface area contributed by atoms with Gasteiger partial charge >= 0.3 is 5.97 Å². The van der Waals surface area contributed by atoms with Crippen LogP contribution in [0.1, 0.15) is 40.1 Å². The van der Waals surface area contributed by atoms with Crippen LogP contribution in [0.3, 0.4) is 0 Å². The van der Waals surface area contributed by atoms with E-state index >= 15 is 0 Å². The minimum absolute atomic E-state index is 0.233. The molecular weight excluding hydrogens is 298 g/mol. The summed E-state index contributed by atoms with van der Waals surface area (Å²) in [5, 5.41) is 5.26. The van der Waals surface area contributed by atoms with Crippen LogP contribution in [-0.4, -0.2) is 19.0 Å². The Kier molecular flexibility index (Phi) is 5.33. The van der Waals surface area contributed by atoms with Gasteiger partial charge in [0.1, 0.15) is 5.00 Å². The van der Waals surface area contributed by atoms with Gasteiger partial charge in [-0.15, -0.1) is 11.3 Å². The Balaban J connectivity index is 2.29. The highest BCUT2D eigenvalue weighted by Gasteiger charge is 2.22. The van der Waals surface area contributed by atoms with Crippen LogP contribution in [0.2, 0.25) is 0 Å². The molecular formula is C17H19NO3S. The Morgan fingerprint density at radius 1 is 1.23 bits per heavy atom. The molecule has 4 nitrogen and oxygen atoms in total. The molecule has 1 amide bonds. The van der Waals surface area contributed by atoms with E-state index in [-0.39, 0.29) is 5.91 Å². The van der Waals surface area contributed by atoms with E-state index < -0.39 is 5.97 Å². The van der Waals surface area contributed by atoms with Gasteiger partial charge < -0.3 is 10.1 Å². The average molecular weight is 317 g/mol. The smallest absolute Gasteiger partial charge is 0.341 e. The minimum Gasteiger partial charge on any atom is -0.465 e. The van der Waals surface area contributed by atoms with Crippen LogP contribution in [0.4, 0.5) is 5.00 Å². The Bertz CT molecular complexity index is 662. The molecule has 5 heteroatoms. The Morgan fingerprint density at radius 3 is 2.50 bits per heavy atom. The van der Waals surface area contributed by atoms with Gasteiger partial charge in [0.15, 0.2) is 0 Å². The molecule has 0 atom stereocenters. The van der Waals surface area contributed by atoms with Crippen LogP contribution in [0.25, 0.3) is 0 Å². The first-order valence-corrected chi connectivity index (χ1v) is 7.96. The second-order valence-corrected chi connectivity index (χ2v) is 6.25. The summed E-state index contributed by atoms with van der Waals surface area (Å²) in [7, 11) is 1.35. The molecule has 0 saturated heterocycles. The van der Waals surface area contributed by atoms with Gasteiger partial charge in [-0.05, 0) is 35.4 Å². The van der Waals surface area contributed by atoms with Gasteiger partial charge in [-0.1, -0.05) is 32.0 Å². The number of hydrogen-bond acceptors (Lipinski definition) is 4. The molecule has 0 aliphatic heterocycles. The van der Waals surface area contributed by atoms with Crippen molar-refractivity contribution in [2.45, 2.75) is 20.3 Å². The molecule has 1 N–H and O–H groups in total. The van der Waals surface area contributed by atoms with Crippen molar-refractivity contribution in [1.29, 1.82) is 0 Å². The zero-order chi connectivity index (χ0) is 16.1. The van der Waals surface area contributed by atoms with E-state index in [1.165, 1.54) is 18.4 Å². The number of anilines is 1. The Morgan fingerprint density at radius 2 is 1.91 bits per heavy atom. The molecule has 0 bridgehead atoms. The van der Waals surface area contributed by atoms with E-state index in [0.717, 1.165) is 12.0 Å². The third-order valence-electron chi connectivity index (χ3n) is 3.15. The molecule has 0 spiro atoms. The van der Waals surface area contributed by atoms with E-state index in [4.69, 9.17) is 4.74 Å². The lowest BCUT2D eigenvalue weighted by molar-refractivity contribution is 0.0601. The van der Waals surface area contributed by atoms with Crippen molar-refractivity contribution in [2.24, 2.45) is 5.92 Å². The summed E-state index contributed by atoms with van der Waals surface area (Å²) in [5.74, 6) is -0.236. The van der Waals surface area contributed by atoms with Crippen molar-refractivity contribution in [1.82, 2.24) is 0 Å². The highest BCUT2D eigenvalue weighted by atomic mass is 32.1. The second kappa shape index (κ2) is 7.22. The number of benzene rings is 1. The number of hydrogen-bond donors (Lipinski definition) is 1. The van der Waals surface area contributed by atoms with Crippen LogP contribution in [0.15, 0.2) is 35.7 Å². The van der Waals surface area contributed by atoms with Gasteiger partial charge in [-0.25, -0.2) is 4.79 Å². The fraction of sp³-hybridized carbons (Fsp3) is 0.294. The quantitative estimate of drug-likeness (QED) is 0.848. The summed E-state index contributed by atoms with van der Waals surface area (Å²) < 4.78 is 4.86. The molecule has 0 fully saturated rings. The van der Waals surface area contributed by atoms with Crippen molar-refractivity contribution in [3.63, 3.8) is 0 Å². The lowest BCUT2D eigenvalue weighted by atomic mass is 10.0. The lowest BCUT2D eigenvalue weighted by Crippen LogP contribution is -2.14. The maximum atomic E-state index is 12.3. The minimum atomic E-state index is -0.416. The normalized spacial score (nSPS) is 10.5. The second-order valence-electron chi connectivity index (χ2n) is 5.37. The molecule has 0 aliphatic rings. The molecule has 2 rings (SSSR count). The standard InChI is InChI=1S/C17H19NO3S/c1-11(2)9-13-10-22-16(14(13)17(20)21-3)18-15(19)12-7-5-4-6-8-12/h4-8,10-11H,9H2,1-3H3,(H,18,19). The van der Waals surface area contributed by atoms with Crippen LogP contribution in [-0.2, 0) is 11.2 Å². The van der Waals surface area contributed by atoms with Gasteiger partial charge in [-0.2, -0.15) is 0 Å². The van der Waals surface area contributed by atoms with E-state index in [1.807, 2.05) is 11.4 Å². The van der Waals surface area contributed by atoms with E-state index in [1.54, 1.807) is 24.3 Å². The summed E-state index contributed by atoms with van der Waals surface area (Å²) in [6, 6.07) is 8.91. The number of methoxy groups -OCH3 is 1. The largest absolute Gasteiger partial charge is 0.465 e. The highest BCUT2D eigenvalue weighted by Crippen LogP contribution is 2.31. The zero-order valence-electron chi connectivity index (χ0n) is 12.9. The monoisotopic (exact) mass is 317 g/mol. The summed E-state index contributed by atoms with van der Waals surface area (Å²) in [6.07, 6.45) is 0.766. The van der Waals surface area contributed by atoms with E-state index in [9.17, 15) is 9.59 Å². The first kappa shape index (κ1) is 16.2. The van der Waals surface area contributed by atoms with Crippen LogP contribution < -0.4 is 5.32 Å². The first-order chi connectivity index (χ1) is 10.5. The number of esters is 1. The molecule has 0 radical (unpaired) electrons. The number of rotatable bonds is 5. The fourth-order valence-electron chi connectivity index (χ4n) is 2.17. The molecule has 1 aromatic carbocycles. The predicted molar refractivity (Wildman–Crippen MR) is 88.6 cm³/mol. The van der Waals surface area contributed by atoms with Gasteiger partial charge in [0.2, 0.25) is 0 Å². The third-order valence-corrected chi connectivity index (χ3v) is 4.09. The number of amides is 1. The summed E-state index contributed by atoms with van der Waals surface area (Å²) in [4.78, 5) is 24.3. The topological polar surface area (TPSA) is 55.4 Å². The number of thiophene rings is 1. The molecule has 0 aliphatic carbocycles. The summed E-state index contributed by atoms with van der Waals surface area (Å²) in [5.41, 5.74) is 1.93. The Labute approximate surface area is 134 Å². The molecule has 1 heterocycles. The van der Waals surface area contributed by atoms with Gasteiger partial charge in [-0.3, -0.25) is 4.79 Å². The van der Waals surface area contributed by atoms with E-state index in [2.05, 4.69) is 19.2 Å². The maximum Gasteiger partial charge on any atom is 0.341 e. The number of ether oxygens (including phenoxy) is 1. The molecule has 116 valence electrons. The van der Waals surface area contributed by atoms with Crippen molar-refractivity contribution < 1.29 is 14.3 Å². The zero-order valence-corrected chi connectivity index (χ0v) is 13.7.